The van der Waals surface area contributed by atoms with Gasteiger partial charge in [-0.2, -0.15) is 0 Å². The number of nitrogens with zero attached hydrogens (tertiary/aromatic N) is 2. The van der Waals surface area contributed by atoms with E-state index in [4.69, 9.17) is 0 Å². The third-order valence-corrected chi connectivity index (χ3v) is 5.14. The first kappa shape index (κ1) is 19.7. The summed E-state index contributed by atoms with van der Waals surface area (Å²) < 4.78 is 0. The number of hydrogen-bond donors (Lipinski definition) is 1. The Labute approximate surface area is 144 Å². The van der Waals surface area contributed by atoms with Crippen LogP contribution in [0.2, 0.25) is 0 Å². The minimum atomic E-state index is 0.0650. The summed E-state index contributed by atoms with van der Waals surface area (Å²) in [6.45, 7) is 25.2. The summed E-state index contributed by atoms with van der Waals surface area (Å²) in [7, 11) is 4.02. The number of rotatable bonds is 7. The van der Waals surface area contributed by atoms with Gasteiger partial charge >= 0.3 is 0 Å². The third kappa shape index (κ3) is 4.33. The standard InChI is InChI=1S/C20H37N3/c1-11-17-12-18(14(2)3)23(13-17)15(4)19(20(6,7)8)22(10)16(5)21-9/h17-19,21H,2,4-5,11-13H2,1,3,6-10H3. The first-order chi connectivity index (χ1) is 10.5. The van der Waals surface area contributed by atoms with E-state index in [1.54, 1.807) is 0 Å². The predicted molar refractivity (Wildman–Crippen MR) is 102 cm³/mol. The van der Waals surface area contributed by atoms with Crippen molar-refractivity contribution in [2.45, 2.75) is 59.5 Å². The van der Waals surface area contributed by atoms with E-state index >= 15 is 0 Å². The second-order valence-corrected chi connectivity index (χ2v) is 8.09. The molecule has 3 nitrogen and oxygen atoms in total. The molecule has 0 spiro atoms. The molecule has 3 heteroatoms. The summed E-state index contributed by atoms with van der Waals surface area (Å²) in [6, 6.07) is 0.605. The Morgan fingerprint density at radius 1 is 1.30 bits per heavy atom. The quantitative estimate of drug-likeness (QED) is 0.709. The third-order valence-electron chi connectivity index (χ3n) is 5.14. The molecule has 1 fully saturated rings. The van der Waals surface area contributed by atoms with Crippen LogP contribution in [0.15, 0.2) is 36.8 Å². The second kappa shape index (κ2) is 7.46. The molecular formula is C20H37N3. The van der Waals surface area contributed by atoms with Crippen LogP contribution in [0.4, 0.5) is 0 Å². The van der Waals surface area contributed by atoms with Crippen molar-refractivity contribution >= 4 is 0 Å². The van der Waals surface area contributed by atoms with Gasteiger partial charge in [0.25, 0.3) is 0 Å². The predicted octanol–water partition coefficient (Wildman–Crippen LogP) is 4.21. The van der Waals surface area contributed by atoms with Gasteiger partial charge < -0.3 is 15.1 Å². The van der Waals surface area contributed by atoms with Gasteiger partial charge in [-0.3, -0.25) is 0 Å². The van der Waals surface area contributed by atoms with Gasteiger partial charge in [0.1, 0.15) is 0 Å². The summed E-state index contributed by atoms with van der Waals surface area (Å²) in [5.74, 6) is 1.65. The lowest BCUT2D eigenvalue weighted by Gasteiger charge is -2.45. The van der Waals surface area contributed by atoms with Crippen molar-refractivity contribution in [2.75, 3.05) is 20.6 Å². The van der Waals surface area contributed by atoms with Gasteiger partial charge in [-0.05, 0) is 24.7 Å². The van der Waals surface area contributed by atoms with Gasteiger partial charge in [-0.25, -0.2) is 0 Å². The van der Waals surface area contributed by atoms with Crippen LogP contribution >= 0.6 is 0 Å². The molecule has 1 saturated heterocycles. The molecule has 0 aromatic carbocycles. The zero-order chi connectivity index (χ0) is 17.9. The fourth-order valence-electron chi connectivity index (χ4n) is 3.80. The van der Waals surface area contributed by atoms with Crippen molar-refractivity contribution in [1.82, 2.24) is 15.1 Å². The Balaban J connectivity index is 3.13. The van der Waals surface area contributed by atoms with E-state index in [0.29, 0.717) is 6.04 Å². The summed E-state index contributed by atoms with van der Waals surface area (Å²) in [4.78, 5) is 4.71. The van der Waals surface area contributed by atoms with Gasteiger partial charge in [0.2, 0.25) is 0 Å². The van der Waals surface area contributed by atoms with Gasteiger partial charge in [0, 0.05) is 32.4 Å². The Bertz CT molecular complexity index is 458. The SMILES string of the molecule is C=C(C)C1CC(CC)CN1C(=C)C(N(C)C(=C)NC)C(C)(C)C. The van der Waals surface area contributed by atoms with Crippen LogP contribution in [0.25, 0.3) is 0 Å². The highest BCUT2D eigenvalue weighted by molar-refractivity contribution is 5.20. The summed E-state index contributed by atoms with van der Waals surface area (Å²) >= 11 is 0. The van der Waals surface area contributed by atoms with E-state index in [9.17, 15) is 0 Å². The number of nitrogens with one attached hydrogen (secondary N) is 1. The lowest BCUT2D eigenvalue weighted by molar-refractivity contribution is 0.143. The van der Waals surface area contributed by atoms with E-state index in [2.05, 4.69) is 76.5 Å². The highest BCUT2D eigenvalue weighted by Gasteiger charge is 2.39. The van der Waals surface area contributed by atoms with E-state index in [1.807, 2.05) is 7.05 Å². The molecule has 1 aliphatic rings. The van der Waals surface area contributed by atoms with Crippen LogP contribution < -0.4 is 5.32 Å². The Morgan fingerprint density at radius 2 is 1.87 bits per heavy atom. The average molecular weight is 320 g/mol. The molecule has 0 aromatic rings. The van der Waals surface area contributed by atoms with Crippen molar-refractivity contribution in [3.63, 3.8) is 0 Å². The monoisotopic (exact) mass is 319 g/mol. The molecule has 3 atom stereocenters. The highest BCUT2D eigenvalue weighted by atomic mass is 15.3. The maximum atomic E-state index is 4.52. The Kier molecular flexibility index (Phi) is 6.38. The van der Waals surface area contributed by atoms with E-state index in [0.717, 1.165) is 18.3 Å². The molecule has 0 saturated carbocycles. The molecular weight excluding hydrogens is 282 g/mol. The van der Waals surface area contributed by atoms with E-state index < -0.39 is 0 Å². The molecule has 1 aliphatic heterocycles. The maximum absolute atomic E-state index is 4.52. The maximum Gasteiger partial charge on any atom is 0.0939 e. The zero-order valence-electron chi connectivity index (χ0n) is 16.4. The molecule has 1 heterocycles. The average Bonchev–Trinajstić information content (AvgIpc) is 2.89. The molecule has 132 valence electrons. The minimum Gasteiger partial charge on any atom is -0.375 e. The van der Waals surface area contributed by atoms with Gasteiger partial charge in [0.15, 0.2) is 0 Å². The Hall–Kier alpha value is -1.38. The zero-order valence-corrected chi connectivity index (χ0v) is 16.4. The van der Waals surface area contributed by atoms with Crippen LogP contribution in [0, 0.1) is 11.3 Å². The molecule has 0 radical (unpaired) electrons. The normalized spacial score (nSPS) is 22.7. The lowest BCUT2D eigenvalue weighted by Crippen LogP contribution is -2.49. The fraction of sp³-hybridized carbons (Fsp3) is 0.700. The van der Waals surface area contributed by atoms with Crippen molar-refractivity contribution in [3.05, 3.63) is 36.8 Å². The fourth-order valence-corrected chi connectivity index (χ4v) is 3.80. The van der Waals surface area contributed by atoms with Crippen LogP contribution in [0.1, 0.15) is 47.5 Å². The minimum absolute atomic E-state index is 0.0650. The van der Waals surface area contributed by atoms with Gasteiger partial charge in [0.05, 0.1) is 11.9 Å². The van der Waals surface area contributed by atoms with Crippen molar-refractivity contribution in [1.29, 1.82) is 0 Å². The molecule has 0 amide bonds. The molecule has 0 aromatic heterocycles. The van der Waals surface area contributed by atoms with Crippen LogP contribution in [0.3, 0.4) is 0 Å². The van der Waals surface area contributed by atoms with Gasteiger partial charge in [-0.15, -0.1) is 0 Å². The first-order valence-corrected chi connectivity index (χ1v) is 8.74. The number of hydrogen-bond acceptors (Lipinski definition) is 3. The van der Waals surface area contributed by atoms with Gasteiger partial charge in [-0.1, -0.05) is 59.4 Å². The van der Waals surface area contributed by atoms with E-state index in [1.165, 1.54) is 24.1 Å². The largest absolute Gasteiger partial charge is 0.375 e. The molecule has 0 aliphatic carbocycles. The number of likely N-dealkylation sites (N-methyl/N-ethyl adjacent to an activating group) is 1. The molecule has 23 heavy (non-hydrogen) atoms. The molecule has 1 rings (SSSR count). The van der Waals surface area contributed by atoms with E-state index in [-0.39, 0.29) is 11.5 Å². The van der Waals surface area contributed by atoms with Crippen LogP contribution in [-0.2, 0) is 0 Å². The molecule has 1 N–H and O–H groups in total. The molecule has 0 bridgehead atoms. The molecule has 3 unspecified atom stereocenters. The van der Waals surface area contributed by atoms with Crippen molar-refractivity contribution in [3.8, 4) is 0 Å². The number of likely N-dealkylation sites (tertiary alicyclic amines) is 1. The van der Waals surface area contributed by atoms with Crippen LogP contribution in [0.5, 0.6) is 0 Å². The topological polar surface area (TPSA) is 18.5 Å². The van der Waals surface area contributed by atoms with Crippen molar-refractivity contribution in [2.24, 2.45) is 11.3 Å². The van der Waals surface area contributed by atoms with Crippen molar-refractivity contribution < 1.29 is 0 Å². The summed E-state index contributed by atoms with van der Waals surface area (Å²) in [6.07, 6.45) is 2.41. The highest BCUT2D eigenvalue weighted by Crippen LogP contribution is 2.38. The van der Waals surface area contributed by atoms with Crippen LogP contribution in [-0.4, -0.2) is 42.5 Å². The second-order valence-electron chi connectivity index (χ2n) is 8.09. The first-order valence-electron chi connectivity index (χ1n) is 8.74. The smallest absolute Gasteiger partial charge is 0.0939 e. The summed E-state index contributed by atoms with van der Waals surface area (Å²) in [5.41, 5.74) is 2.49. The summed E-state index contributed by atoms with van der Waals surface area (Å²) in [5, 5.41) is 3.17. The Morgan fingerprint density at radius 3 is 2.26 bits per heavy atom. The lowest BCUT2D eigenvalue weighted by atomic mass is 9.83.